The van der Waals surface area contributed by atoms with Gasteiger partial charge in [-0.2, -0.15) is 4.57 Å². The quantitative estimate of drug-likeness (QED) is 0.764. The highest BCUT2D eigenvalue weighted by Gasteiger charge is 2.11. The molecular weight excluding hydrogens is 262 g/mol. The van der Waals surface area contributed by atoms with E-state index < -0.39 is 6.09 Å². The predicted octanol–water partition coefficient (Wildman–Crippen LogP) is 0.733. The lowest BCUT2D eigenvalue weighted by Crippen LogP contribution is -2.37. The van der Waals surface area contributed by atoms with Crippen molar-refractivity contribution in [1.29, 1.82) is 0 Å². The van der Waals surface area contributed by atoms with Gasteiger partial charge in [-0.1, -0.05) is 0 Å². The molecule has 0 unspecified atom stereocenters. The zero-order valence-electron chi connectivity index (χ0n) is 12.2. The molecule has 7 heteroatoms. The highest BCUT2D eigenvalue weighted by Crippen LogP contribution is 2.06. The molecule has 0 saturated carbocycles. The molecule has 0 aromatic carbocycles. The number of rotatable bonds is 4. The molecule has 0 aliphatic carbocycles. The molecule has 0 radical (unpaired) electrons. The molecule has 1 heterocycles. The summed E-state index contributed by atoms with van der Waals surface area (Å²) >= 11 is 0. The molecule has 0 aliphatic rings. The third-order valence-corrected chi connectivity index (χ3v) is 2.34. The van der Waals surface area contributed by atoms with Crippen LogP contribution in [0.25, 0.3) is 0 Å². The molecule has 0 bridgehead atoms. The highest BCUT2D eigenvalue weighted by molar-refractivity contribution is 5.69. The standard InChI is InChI=1S/C13H20N3O4/c1-14(2)12(17)19-9-8-16-7-5-6-11(10-16)20-13(18)15(3)4/h5-7,10H,8-9H2,1-4H3/q+1. The van der Waals surface area contributed by atoms with Crippen LogP contribution < -0.4 is 9.30 Å². The first kappa shape index (κ1) is 15.7. The van der Waals surface area contributed by atoms with E-state index in [2.05, 4.69) is 0 Å². The lowest BCUT2D eigenvalue weighted by Gasteiger charge is -2.10. The van der Waals surface area contributed by atoms with E-state index in [-0.39, 0.29) is 12.7 Å². The monoisotopic (exact) mass is 282 g/mol. The smallest absolute Gasteiger partial charge is 0.414 e. The van der Waals surface area contributed by atoms with Crippen molar-refractivity contribution in [3.8, 4) is 5.75 Å². The maximum absolute atomic E-state index is 11.4. The first-order valence-electron chi connectivity index (χ1n) is 6.12. The van der Waals surface area contributed by atoms with Gasteiger partial charge >= 0.3 is 12.2 Å². The Bertz CT molecular complexity index is 474. The first-order valence-corrected chi connectivity index (χ1v) is 6.12. The van der Waals surface area contributed by atoms with Crippen molar-refractivity contribution >= 4 is 12.2 Å². The van der Waals surface area contributed by atoms with Crippen LogP contribution in [-0.4, -0.2) is 56.8 Å². The van der Waals surface area contributed by atoms with Crippen molar-refractivity contribution in [2.24, 2.45) is 0 Å². The summed E-state index contributed by atoms with van der Waals surface area (Å²) in [6.07, 6.45) is 2.64. The van der Waals surface area contributed by atoms with Crippen molar-refractivity contribution in [2.75, 3.05) is 34.8 Å². The normalized spacial score (nSPS) is 9.80. The van der Waals surface area contributed by atoms with Gasteiger partial charge in [-0.25, -0.2) is 9.59 Å². The zero-order valence-corrected chi connectivity index (χ0v) is 12.2. The average Bonchev–Trinajstić information content (AvgIpc) is 2.38. The van der Waals surface area contributed by atoms with E-state index in [4.69, 9.17) is 9.47 Å². The van der Waals surface area contributed by atoms with Crippen molar-refractivity contribution in [3.63, 3.8) is 0 Å². The van der Waals surface area contributed by atoms with Crippen LogP contribution in [-0.2, 0) is 11.3 Å². The molecule has 1 aromatic heterocycles. The number of aromatic nitrogens is 1. The molecule has 7 nitrogen and oxygen atoms in total. The van der Waals surface area contributed by atoms with Crippen LogP contribution in [0.4, 0.5) is 9.59 Å². The SMILES string of the molecule is CN(C)C(=O)OCC[n+]1cccc(OC(=O)N(C)C)c1. The number of amides is 2. The number of pyridine rings is 1. The van der Waals surface area contributed by atoms with Gasteiger partial charge in [-0.15, -0.1) is 0 Å². The van der Waals surface area contributed by atoms with E-state index >= 15 is 0 Å². The number of hydrogen-bond acceptors (Lipinski definition) is 4. The van der Waals surface area contributed by atoms with E-state index in [1.807, 2.05) is 0 Å². The van der Waals surface area contributed by atoms with Gasteiger partial charge in [0, 0.05) is 34.3 Å². The van der Waals surface area contributed by atoms with Crippen LogP contribution in [0.3, 0.4) is 0 Å². The molecule has 2 amide bonds. The van der Waals surface area contributed by atoms with Crippen LogP contribution in [0, 0.1) is 0 Å². The average molecular weight is 282 g/mol. The predicted molar refractivity (Wildman–Crippen MR) is 71.4 cm³/mol. The summed E-state index contributed by atoms with van der Waals surface area (Å²) in [6, 6.07) is 3.44. The Morgan fingerprint density at radius 2 is 1.80 bits per heavy atom. The summed E-state index contributed by atoms with van der Waals surface area (Å²) in [5.74, 6) is 0.435. The molecule has 1 rings (SSSR count). The summed E-state index contributed by atoms with van der Waals surface area (Å²) in [7, 11) is 6.47. The summed E-state index contributed by atoms with van der Waals surface area (Å²) < 4.78 is 11.9. The van der Waals surface area contributed by atoms with Crippen molar-refractivity contribution in [3.05, 3.63) is 24.5 Å². The Kier molecular flexibility index (Phi) is 5.76. The van der Waals surface area contributed by atoms with Gasteiger partial charge < -0.3 is 19.3 Å². The van der Waals surface area contributed by atoms with E-state index in [1.54, 1.807) is 57.3 Å². The highest BCUT2D eigenvalue weighted by atomic mass is 16.6. The van der Waals surface area contributed by atoms with Crippen LogP contribution in [0.5, 0.6) is 5.75 Å². The molecule has 20 heavy (non-hydrogen) atoms. The summed E-state index contributed by atoms with van der Waals surface area (Å²) in [5.41, 5.74) is 0. The third-order valence-electron chi connectivity index (χ3n) is 2.34. The molecular formula is C13H20N3O4+. The second-order valence-corrected chi connectivity index (χ2v) is 4.55. The van der Waals surface area contributed by atoms with Gasteiger partial charge in [0.25, 0.3) is 0 Å². The van der Waals surface area contributed by atoms with Crippen molar-refractivity contribution in [2.45, 2.75) is 6.54 Å². The molecule has 110 valence electrons. The van der Waals surface area contributed by atoms with Gasteiger partial charge in [0.2, 0.25) is 6.20 Å². The topological polar surface area (TPSA) is 63.0 Å². The summed E-state index contributed by atoms with van der Waals surface area (Å²) in [4.78, 5) is 25.4. The van der Waals surface area contributed by atoms with E-state index in [9.17, 15) is 9.59 Å². The molecule has 0 aliphatic heterocycles. The van der Waals surface area contributed by atoms with Gasteiger partial charge in [-0.05, 0) is 6.07 Å². The van der Waals surface area contributed by atoms with Crippen LogP contribution in [0.1, 0.15) is 0 Å². The fourth-order valence-corrected chi connectivity index (χ4v) is 1.26. The molecule has 0 N–H and O–H groups in total. The fourth-order valence-electron chi connectivity index (χ4n) is 1.26. The number of ether oxygens (including phenoxy) is 2. The summed E-state index contributed by atoms with van der Waals surface area (Å²) in [6.45, 7) is 0.722. The minimum absolute atomic E-state index is 0.243. The number of nitrogens with zero attached hydrogens (tertiary/aromatic N) is 3. The number of carbonyl (C=O) groups excluding carboxylic acids is 2. The Hall–Kier alpha value is -2.31. The van der Waals surface area contributed by atoms with Gasteiger partial charge in [0.05, 0.1) is 0 Å². The van der Waals surface area contributed by atoms with E-state index in [0.717, 1.165) is 0 Å². The number of carbonyl (C=O) groups is 2. The van der Waals surface area contributed by atoms with Gasteiger partial charge in [0.15, 0.2) is 25.1 Å². The van der Waals surface area contributed by atoms with Crippen LogP contribution in [0.15, 0.2) is 24.5 Å². The van der Waals surface area contributed by atoms with Crippen LogP contribution in [0.2, 0.25) is 0 Å². The minimum Gasteiger partial charge on any atom is -0.443 e. The van der Waals surface area contributed by atoms with Gasteiger partial charge in [-0.3, -0.25) is 0 Å². The van der Waals surface area contributed by atoms with Crippen LogP contribution >= 0.6 is 0 Å². The maximum Gasteiger partial charge on any atom is 0.414 e. The summed E-state index contributed by atoms with van der Waals surface area (Å²) in [5, 5.41) is 0. The molecule has 0 saturated heterocycles. The second kappa shape index (κ2) is 7.32. The Morgan fingerprint density at radius 3 is 2.40 bits per heavy atom. The Morgan fingerprint density at radius 1 is 1.15 bits per heavy atom. The fraction of sp³-hybridized carbons (Fsp3) is 0.462. The van der Waals surface area contributed by atoms with Crippen molar-refractivity contribution < 1.29 is 23.6 Å². The Labute approximate surface area is 118 Å². The largest absolute Gasteiger partial charge is 0.443 e. The molecule has 0 atom stereocenters. The van der Waals surface area contributed by atoms with E-state index in [0.29, 0.717) is 12.3 Å². The first-order chi connectivity index (χ1) is 9.40. The second-order valence-electron chi connectivity index (χ2n) is 4.55. The molecule has 0 fully saturated rings. The zero-order chi connectivity index (χ0) is 15.1. The van der Waals surface area contributed by atoms with Crippen molar-refractivity contribution in [1.82, 2.24) is 9.80 Å². The lowest BCUT2D eigenvalue weighted by atomic mass is 10.4. The lowest BCUT2D eigenvalue weighted by molar-refractivity contribution is -0.698. The van der Waals surface area contributed by atoms with Gasteiger partial charge in [0.1, 0.15) is 0 Å². The maximum atomic E-state index is 11.4. The third kappa shape index (κ3) is 5.13. The molecule has 1 aromatic rings. The molecule has 0 spiro atoms. The minimum atomic E-state index is -0.443. The Balaban J connectivity index is 2.52. The van der Waals surface area contributed by atoms with E-state index in [1.165, 1.54) is 9.80 Å². The number of hydrogen-bond donors (Lipinski definition) is 0.